The van der Waals surface area contributed by atoms with Crippen LogP contribution in [0.5, 0.6) is 0 Å². The van der Waals surface area contributed by atoms with Crippen LogP contribution in [0.1, 0.15) is 52.8 Å². The van der Waals surface area contributed by atoms with Gasteiger partial charge in [-0.15, -0.1) is 11.3 Å². The van der Waals surface area contributed by atoms with E-state index < -0.39 is 0 Å². The summed E-state index contributed by atoms with van der Waals surface area (Å²) in [6.45, 7) is 13.3. The van der Waals surface area contributed by atoms with Crippen LogP contribution in [0.2, 0.25) is 0 Å². The van der Waals surface area contributed by atoms with Crippen LogP contribution in [-0.2, 0) is 10.8 Å². The Morgan fingerprint density at radius 3 is 2.12 bits per heavy atom. The molecule has 3 heteroatoms. The second-order valence-corrected chi connectivity index (χ2v) is 7.43. The molecular formula is C14H20N2S. The molecule has 0 bridgehead atoms. The Kier molecular flexibility index (Phi) is 2.77. The highest BCUT2D eigenvalue weighted by molar-refractivity contribution is 7.17. The van der Waals surface area contributed by atoms with Gasteiger partial charge in [0.2, 0.25) is 0 Å². The van der Waals surface area contributed by atoms with E-state index in [-0.39, 0.29) is 10.8 Å². The van der Waals surface area contributed by atoms with E-state index >= 15 is 0 Å². The molecule has 0 aliphatic carbocycles. The molecule has 0 spiro atoms. The molecule has 0 amide bonds. The highest BCUT2D eigenvalue weighted by atomic mass is 32.1. The Morgan fingerprint density at radius 2 is 1.59 bits per heavy atom. The van der Waals surface area contributed by atoms with E-state index in [1.807, 2.05) is 0 Å². The van der Waals surface area contributed by atoms with Crippen LogP contribution in [-0.4, -0.2) is 9.97 Å². The normalized spacial score (nSPS) is 13.3. The molecule has 0 aliphatic rings. The van der Waals surface area contributed by atoms with Crippen molar-refractivity contribution in [1.29, 1.82) is 0 Å². The maximum absolute atomic E-state index is 4.48. The van der Waals surface area contributed by atoms with E-state index in [0.717, 1.165) is 11.2 Å². The molecule has 2 aromatic heterocycles. The SMILES string of the molecule is CC(C)(C)c1csc2c(C(C)(C)C)ncnc12. The van der Waals surface area contributed by atoms with Crippen molar-refractivity contribution >= 4 is 21.6 Å². The van der Waals surface area contributed by atoms with Gasteiger partial charge in [-0.25, -0.2) is 9.97 Å². The monoisotopic (exact) mass is 248 g/mol. The lowest BCUT2D eigenvalue weighted by Crippen LogP contribution is -2.15. The summed E-state index contributed by atoms with van der Waals surface area (Å²) in [5.74, 6) is 0. The first-order chi connectivity index (χ1) is 7.71. The highest BCUT2D eigenvalue weighted by Crippen LogP contribution is 2.37. The van der Waals surface area contributed by atoms with Gasteiger partial charge in [-0.3, -0.25) is 0 Å². The summed E-state index contributed by atoms with van der Waals surface area (Å²) in [6, 6.07) is 0. The zero-order valence-corrected chi connectivity index (χ0v) is 12.3. The van der Waals surface area contributed by atoms with Crippen LogP contribution in [0.15, 0.2) is 11.7 Å². The second kappa shape index (κ2) is 3.77. The van der Waals surface area contributed by atoms with Crippen molar-refractivity contribution in [2.24, 2.45) is 0 Å². The quantitative estimate of drug-likeness (QED) is 0.695. The zero-order chi connectivity index (χ0) is 12.8. The van der Waals surface area contributed by atoms with Gasteiger partial charge in [-0.2, -0.15) is 0 Å². The molecule has 0 radical (unpaired) electrons. The van der Waals surface area contributed by atoms with Gasteiger partial charge in [0, 0.05) is 5.41 Å². The predicted molar refractivity (Wildman–Crippen MR) is 74.8 cm³/mol. The zero-order valence-electron chi connectivity index (χ0n) is 11.5. The van der Waals surface area contributed by atoms with Gasteiger partial charge in [0.15, 0.2) is 0 Å². The molecule has 0 aromatic carbocycles. The smallest absolute Gasteiger partial charge is 0.116 e. The van der Waals surface area contributed by atoms with Crippen molar-refractivity contribution in [3.63, 3.8) is 0 Å². The number of aromatic nitrogens is 2. The number of hydrogen-bond acceptors (Lipinski definition) is 3. The van der Waals surface area contributed by atoms with Crippen molar-refractivity contribution in [2.45, 2.75) is 52.4 Å². The molecule has 0 saturated carbocycles. The fourth-order valence-corrected chi connectivity index (χ4v) is 3.36. The summed E-state index contributed by atoms with van der Waals surface area (Å²) in [7, 11) is 0. The average Bonchev–Trinajstić information content (AvgIpc) is 2.57. The summed E-state index contributed by atoms with van der Waals surface area (Å²) in [4.78, 5) is 8.95. The minimum Gasteiger partial charge on any atom is -0.239 e. The Labute approximate surface area is 107 Å². The van der Waals surface area contributed by atoms with E-state index in [9.17, 15) is 0 Å². The maximum atomic E-state index is 4.48. The molecule has 92 valence electrons. The van der Waals surface area contributed by atoms with Crippen molar-refractivity contribution in [1.82, 2.24) is 9.97 Å². The number of hydrogen-bond donors (Lipinski definition) is 0. The Hall–Kier alpha value is -0.960. The Balaban J connectivity index is 2.74. The van der Waals surface area contributed by atoms with Crippen molar-refractivity contribution < 1.29 is 0 Å². The Morgan fingerprint density at radius 1 is 0.941 bits per heavy atom. The standard InChI is InChI=1S/C14H20N2S/c1-13(2,3)9-7-17-11-10(9)15-8-16-12(11)14(4,5)6/h7-8H,1-6H3. The first kappa shape index (κ1) is 12.5. The van der Waals surface area contributed by atoms with Crippen LogP contribution in [0, 0.1) is 0 Å². The number of rotatable bonds is 0. The molecule has 2 nitrogen and oxygen atoms in total. The lowest BCUT2D eigenvalue weighted by molar-refractivity contribution is 0.573. The number of fused-ring (bicyclic) bond motifs is 1. The third-order valence-corrected chi connectivity index (χ3v) is 3.85. The molecule has 17 heavy (non-hydrogen) atoms. The third kappa shape index (κ3) is 2.21. The fourth-order valence-electron chi connectivity index (χ4n) is 1.92. The largest absolute Gasteiger partial charge is 0.239 e. The highest BCUT2D eigenvalue weighted by Gasteiger charge is 2.24. The van der Waals surface area contributed by atoms with E-state index in [1.165, 1.54) is 10.3 Å². The average molecular weight is 248 g/mol. The molecule has 0 unspecified atom stereocenters. The van der Waals surface area contributed by atoms with Gasteiger partial charge in [-0.1, -0.05) is 41.5 Å². The van der Waals surface area contributed by atoms with Crippen LogP contribution in [0.25, 0.3) is 10.2 Å². The molecular weight excluding hydrogens is 228 g/mol. The van der Waals surface area contributed by atoms with Gasteiger partial charge < -0.3 is 0 Å². The van der Waals surface area contributed by atoms with E-state index in [4.69, 9.17) is 0 Å². The molecule has 0 N–H and O–H groups in total. The lowest BCUT2D eigenvalue weighted by Gasteiger charge is -2.19. The molecule has 0 fully saturated rings. The van der Waals surface area contributed by atoms with E-state index in [2.05, 4.69) is 56.9 Å². The minimum absolute atomic E-state index is 0.0706. The van der Waals surface area contributed by atoms with Crippen molar-refractivity contribution in [2.75, 3.05) is 0 Å². The third-order valence-electron chi connectivity index (χ3n) is 2.87. The van der Waals surface area contributed by atoms with Gasteiger partial charge >= 0.3 is 0 Å². The predicted octanol–water partition coefficient (Wildman–Crippen LogP) is 4.29. The second-order valence-electron chi connectivity index (χ2n) is 6.55. The van der Waals surface area contributed by atoms with Crippen LogP contribution >= 0.6 is 11.3 Å². The van der Waals surface area contributed by atoms with Crippen molar-refractivity contribution in [3.8, 4) is 0 Å². The molecule has 2 aromatic rings. The van der Waals surface area contributed by atoms with E-state index in [0.29, 0.717) is 0 Å². The lowest BCUT2D eigenvalue weighted by atomic mass is 9.87. The first-order valence-electron chi connectivity index (χ1n) is 5.94. The molecule has 0 aliphatic heterocycles. The van der Waals surface area contributed by atoms with Crippen LogP contribution < -0.4 is 0 Å². The summed E-state index contributed by atoms with van der Waals surface area (Å²) < 4.78 is 1.24. The van der Waals surface area contributed by atoms with Gasteiger partial charge in [0.1, 0.15) is 6.33 Å². The molecule has 2 heterocycles. The van der Waals surface area contributed by atoms with Crippen molar-refractivity contribution in [3.05, 3.63) is 23.0 Å². The topological polar surface area (TPSA) is 25.8 Å². The summed E-state index contributed by atoms with van der Waals surface area (Å²) in [5.41, 5.74) is 3.82. The Bertz CT molecular complexity index is 541. The maximum Gasteiger partial charge on any atom is 0.116 e. The van der Waals surface area contributed by atoms with E-state index in [1.54, 1.807) is 17.7 Å². The molecule has 2 rings (SSSR count). The summed E-state index contributed by atoms with van der Waals surface area (Å²) in [5, 5.41) is 2.23. The number of nitrogens with zero attached hydrogens (tertiary/aromatic N) is 2. The van der Waals surface area contributed by atoms with Crippen LogP contribution in [0.3, 0.4) is 0 Å². The van der Waals surface area contributed by atoms with Gasteiger partial charge in [-0.05, 0) is 16.4 Å². The summed E-state index contributed by atoms with van der Waals surface area (Å²) in [6.07, 6.45) is 1.70. The summed E-state index contributed by atoms with van der Waals surface area (Å²) >= 11 is 1.77. The van der Waals surface area contributed by atoms with Gasteiger partial charge in [0.25, 0.3) is 0 Å². The first-order valence-corrected chi connectivity index (χ1v) is 6.82. The number of thiophene rings is 1. The fraction of sp³-hybridized carbons (Fsp3) is 0.571. The van der Waals surface area contributed by atoms with Gasteiger partial charge in [0.05, 0.1) is 15.9 Å². The molecule has 0 atom stereocenters. The van der Waals surface area contributed by atoms with Crippen LogP contribution in [0.4, 0.5) is 0 Å². The minimum atomic E-state index is 0.0706. The molecule has 0 saturated heterocycles.